The number of hydrogen-bond acceptors (Lipinski definition) is 4. The van der Waals surface area contributed by atoms with Gasteiger partial charge in [0.25, 0.3) is 0 Å². The first-order valence-electron chi connectivity index (χ1n) is 9.10. The standard InChI is InChI=1S/C20H25N3O2S.ClH/c1-22-10-9-16-7-8-18(11-20(16)22)26(24,25)23-13-17(12-21)19(14-23)15-5-3-2-4-6-15;/h2-8,11,17,19H,9-10,12-14,21H2,1H3;1H/t17-,19+;/m1./s1. The summed E-state index contributed by atoms with van der Waals surface area (Å²) in [6, 6.07) is 15.6. The van der Waals surface area contributed by atoms with Crippen LogP contribution in [0.15, 0.2) is 53.4 Å². The predicted molar refractivity (Wildman–Crippen MR) is 111 cm³/mol. The van der Waals surface area contributed by atoms with E-state index in [1.807, 2.05) is 37.4 Å². The molecule has 0 amide bonds. The topological polar surface area (TPSA) is 66.6 Å². The number of hydrogen-bond donors (Lipinski definition) is 1. The molecular formula is C20H26ClN3O2S. The van der Waals surface area contributed by atoms with Gasteiger partial charge in [0.05, 0.1) is 4.90 Å². The van der Waals surface area contributed by atoms with Crippen LogP contribution in [-0.4, -0.2) is 45.9 Å². The quantitative estimate of drug-likeness (QED) is 0.845. The summed E-state index contributed by atoms with van der Waals surface area (Å²) in [7, 11) is -1.51. The van der Waals surface area contributed by atoms with Crippen LogP contribution in [0.5, 0.6) is 0 Å². The number of anilines is 1. The van der Waals surface area contributed by atoms with Crippen molar-refractivity contribution < 1.29 is 8.42 Å². The number of halogens is 1. The van der Waals surface area contributed by atoms with Crippen LogP contribution in [0.3, 0.4) is 0 Å². The first-order valence-corrected chi connectivity index (χ1v) is 10.5. The van der Waals surface area contributed by atoms with Crippen molar-refractivity contribution in [3.05, 3.63) is 59.7 Å². The molecule has 0 unspecified atom stereocenters. The zero-order valence-electron chi connectivity index (χ0n) is 15.4. The average Bonchev–Trinajstić information content (AvgIpc) is 3.26. The van der Waals surface area contributed by atoms with Gasteiger partial charge in [-0.05, 0) is 42.1 Å². The highest BCUT2D eigenvalue weighted by atomic mass is 35.5. The van der Waals surface area contributed by atoms with Gasteiger partial charge in [-0.3, -0.25) is 0 Å². The molecule has 27 heavy (non-hydrogen) atoms. The first kappa shape index (κ1) is 20.1. The Balaban J connectivity index is 0.00000210. The molecule has 2 N–H and O–H groups in total. The summed E-state index contributed by atoms with van der Waals surface area (Å²) in [5.74, 6) is 0.289. The Morgan fingerprint density at radius 3 is 2.56 bits per heavy atom. The summed E-state index contributed by atoms with van der Waals surface area (Å²) < 4.78 is 28.1. The maximum atomic E-state index is 13.2. The number of likely N-dealkylation sites (N-methyl/N-ethyl adjacent to an activating group) is 1. The van der Waals surface area contributed by atoms with Crippen LogP contribution in [0.25, 0.3) is 0 Å². The number of nitrogens with two attached hydrogens (primary N) is 1. The summed E-state index contributed by atoms with van der Waals surface area (Å²) in [5.41, 5.74) is 9.38. The van der Waals surface area contributed by atoms with E-state index in [-0.39, 0.29) is 24.2 Å². The largest absolute Gasteiger partial charge is 0.374 e. The fraction of sp³-hybridized carbons (Fsp3) is 0.400. The molecule has 0 spiro atoms. The molecule has 2 heterocycles. The van der Waals surface area contributed by atoms with Crippen LogP contribution in [-0.2, 0) is 16.4 Å². The highest BCUT2D eigenvalue weighted by Gasteiger charge is 2.39. The van der Waals surface area contributed by atoms with Crippen molar-refractivity contribution in [3.8, 4) is 0 Å². The Kier molecular flexibility index (Phi) is 5.82. The van der Waals surface area contributed by atoms with Gasteiger partial charge >= 0.3 is 0 Å². The van der Waals surface area contributed by atoms with E-state index in [0.29, 0.717) is 24.5 Å². The zero-order valence-corrected chi connectivity index (χ0v) is 17.0. The van der Waals surface area contributed by atoms with Crippen LogP contribution in [0.1, 0.15) is 17.0 Å². The minimum absolute atomic E-state index is 0. The van der Waals surface area contributed by atoms with Crippen molar-refractivity contribution in [1.82, 2.24) is 4.31 Å². The first-order chi connectivity index (χ1) is 12.5. The summed E-state index contributed by atoms with van der Waals surface area (Å²) in [5, 5.41) is 0. The lowest BCUT2D eigenvalue weighted by Crippen LogP contribution is -2.30. The lowest BCUT2D eigenvalue weighted by Gasteiger charge is -2.19. The summed E-state index contributed by atoms with van der Waals surface area (Å²) >= 11 is 0. The molecule has 2 aromatic carbocycles. The van der Waals surface area contributed by atoms with E-state index in [1.54, 1.807) is 10.4 Å². The Morgan fingerprint density at radius 2 is 1.85 bits per heavy atom. The van der Waals surface area contributed by atoms with Gasteiger partial charge in [-0.15, -0.1) is 12.4 Å². The van der Waals surface area contributed by atoms with Gasteiger partial charge in [-0.25, -0.2) is 8.42 Å². The van der Waals surface area contributed by atoms with Gasteiger partial charge in [0.1, 0.15) is 0 Å². The van der Waals surface area contributed by atoms with E-state index >= 15 is 0 Å². The molecule has 4 rings (SSSR count). The minimum atomic E-state index is -3.52. The van der Waals surface area contributed by atoms with Crippen molar-refractivity contribution in [2.75, 3.05) is 38.1 Å². The van der Waals surface area contributed by atoms with E-state index in [4.69, 9.17) is 5.73 Å². The Hall–Kier alpha value is -1.60. The highest BCUT2D eigenvalue weighted by molar-refractivity contribution is 7.89. The molecule has 2 aliphatic heterocycles. The van der Waals surface area contributed by atoms with Crippen molar-refractivity contribution in [3.63, 3.8) is 0 Å². The second-order valence-electron chi connectivity index (χ2n) is 7.30. The molecule has 0 bridgehead atoms. The molecule has 0 aliphatic carbocycles. The normalized spacial score (nSPS) is 22.5. The molecule has 1 fully saturated rings. The van der Waals surface area contributed by atoms with Crippen molar-refractivity contribution in [1.29, 1.82) is 0 Å². The second-order valence-corrected chi connectivity index (χ2v) is 9.23. The fourth-order valence-electron chi connectivity index (χ4n) is 4.17. The maximum Gasteiger partial charge on any atom is 0.243 e. The Bertz CT molecular complexity index is 905. The molecule has 2 aliphatic rings. The number of benzene rings is 2. The van der Waals surface area contributed by atoms with E-state index in [0.717, 1.165) is 24.2 Å². The van der Waals surface area contributed by atoms with Crippen LogP contribution in [0, 0.1) is 5.92 Å². The Labute approximate surface area is 167 Å². The third-order valence-corrected chi connectivity index (χ3v) is 7.59. The lowest BCUT2D eigenvalue weighted by molar-refractivity contribution is 0.459. The summed E-state index contributed by atoms with van der Waals surface area (Å²) in [6.45, 7) is 2.39. The zero-order chi connectivity index (χ0) is 18.3. The highest BCUT2D eigenvalue weighted by Crippen LogP contribution is 2.36. The van der Waals surface area contributed by atoms with Gasteiger partial charge < -0.3 is 10.6 Å². The van der Waals surface area contributed by atoms with Gasteiger partial charge in [0.15, 0.2) is 0 Å². The molecule has 146 valence electrons. The molecule has 0 aromatic heterocycles. The van der Waals surface area contributed by atoms with E-state index < -0.39 is 10.0 Å². The molecule has 2 aromatic rings. The molecule has 0 saturated carbocycles. The number of sulfonamides is 1. The molecule has 5 nitrogen and oxygen atoms in total. The van der Waals surface area contributed by atoms with E-state index in [2.05, 4.69) is 17.0 Å². The third kappa shape index (κ3) is 3.59. The number of rotatable bonds is 4. The van der Waals surface area contributed by atoms with Crippen molar-refractivity contribution in [2.45, 2.75) is 17.2 Å². The van der Waals surface area contributed by atoms with Crippen LogP contribution >= 0.6 is 12.4 Å². The number of nitrogens with zero attached hydrogens (tertiary/aromatic N) is 2. The van der Waals surface area contributed by atoms with E-state index in [9.17, 15) is 8.42 Å². The second kappa shape index (κ2) is 7.80. The smallest absolute Gasteiger partial charge is 0.243 e. The molecule has 0 radical (unpaired) electrons. The van der Waals surface area contributed by atoms with Gasteiger partial charge in [-0.1, -0.05) is 36.4 Å². The summed E-state index contributed by atoms with van der Waals surface area (Å²) in [6.07, 6.45) is 0.973. The van der Waals surface area contributed by atoms with Crippen molar-refractivity contribution >= 4 is 28.1 Å². The van der Waals surface area contributed by atoms with E-state index in [1.165, 1.54) is 5.56 Å². The molecular weight excluding hydrogens is 382 g/mol. The van der Waals surface area contributed by atoms with Gasteiger partial charge in [0.2, 0.25) is 10.0 Å². The summed E-state index contributed by atoms with van der Waals surface area (Å²) in [4.78, 5) is 2.50. The monoisotopic (exact) mass is 407 g/mol. The average molecular weight is 408 g/mol. The molecule has 7 heteroatoms. The predicted octanol–water partition coefficient (Wildman–Crippen LogP) is 2.46. The fourth-order valence-corrected chi connectivity index (χ4v) is 5.72. The van der Waals surface area contributed by atoms with Crippen LogP contribution in [0.4, 0.5) is 5.69 Å². The van der Waals surface area contributed by atoms with Crippen LogP contribution < -0.4 is 10.6 Å². The van der Waals surface area contributed by atoms with Gasteiger partial charge in [0, 0.05) is 38.3 Å². The maximum absolute atomic E-state index is 13.2. The van der Waals surface area contributed by atoms with Crippen molar-refractivity contribution in [2.24, 2.45) is 11.7 Å². The molecule has 1 saturated heterocycles. The Morgan fingerprint density at radius 1 is 1.11 bits per heavy atom. The molecule has 2 atom stereocenters. The minimum Gasteiger partial charge on any atom is -0.374 e. The third-order valence-electron chi connectivity index (χ3n) is 5.76. The van der Waals surface area contributed by atoms with Gasteiger partial charge in [-0.2, -0.15) is 4.31 Å². The number of fused-ring (bicyclic) bond motifs is 1. The van der Waals surface area contributed by atoms with Crippen LogP contribution in [0.2, 0.25) is 0 Å². The SMILES string of the molecule is CN1CCc2ccc(S(=O)(=O)N3C[C@@H](CN)[C@H](c4ccccc4)C3)cc21.Cl. The lowest BCUT2D eigenvalue weighted by atomic mass is 9.89.